The van der Waals surface area contributed by atoms with E-state index in [0.717, 1.165) is 89.4 Å². The molecule has 133 heavy (non-hydrogen) atoms. The van der Waals surface area contributed by atoms with E-state index in [1.54, 1.807) is 66.9 Å². The Labute approximate surface area is 849 Å². The van der Waals surface area contributed by atoms with E-state index in [2.05, 4.69) is 330 Å². The number of anilines is 1. The van der Waals surface area contributed by atoms with E-state index in [-0.39, 0.29) is 43.3 Å². The highest BCUT2D eigenvalue weighted by Crippen LogP contribution is 2.44. The van der Waals surface area contributed by atoms with Crippen molar-refractivity contribution in [3.8, 4) is 40.2 Å². The standard InChI is InChI=1S/C17H30O2Si.C16H27BrO2Si.C16H28O2Si.C16H26O2Si.C14H23BrO2Si.C10H13BrN2O.C8H7BrO3.C8H9BrO2/c1-9-14-10-13(2)16(18-6)11-15(14)12-19-20(7,8)17(3,4)5;1-8-12-9-14(17)15(18-5)10-13(12)11-19-20(6,7)16(2,3)4;2*1-8-13-9-10-15(17-5)11-14(13)12-18-19(6,7)16(2,3)4;1-14(2,3)18(5,6)17-10-11-9-12(16-4)7-8-13(11)15;1-10(2,3)9(14)13-8-6-4-5-7(11)12-8;1-12-5-2-3-7(9)6(4-5)8(10)11;1-11-7-2-3-8(9)6(4-7)5-10/h10-11H,9,12H2,1-8H3;9-10H,8,11H2,1-7H3;9-11H,8,12H2,1-7H3;8-11H,1,12H2,2-7H3;7-9H,10H2,1-6H3;4-6H,1-3H3,(H,12,13,14);2-4H,1H3,(H,10,11);2-4,10H,5H2,1H3. The molecule has 0 spiro atoms. The number of carboxylic acid groups (broad SMARTS) is 1. The van der Waals surface area contributed by atoms with Crippen molar-refractivity contribution in [3.05, 3.63) is 229 Å². The summed E-state index contributed by atoms with van der Waals surface area (Å²) >= 11 is 16.8. The quantitative estimate of drug-likeness (QED) is 0.0294. The molecule has 3 N–H and O–H groups in total. The number of hydrogen-bond donors (Lipinski definition) is 3. The van der Waals surface area contributed by atoms with Crippen LogP contribution < -0.4 is 38.5 Å². The lowest BCUT2D eigenvalue weighted by Gasteiger charge is -2.36. The van der Waals surface area contributed by atoms with Gasteiger partial charge in [-0.2, -0.15) is 0 Å². The maximum absolute atomic E-state index is 11.6. The topological polar surface area (TPSA) is 210 Å². The van der Waals surface area contributed by atoms with E-state index >= 15 is 0 Å². The molecule has 0 bridgehead atoms. The number of carbonyl (C=O) groups excluding carboxylic acids is 1. The number of benzene rings is 7. The molecule has 1 heterocycles. The molecule has 744 valence electrons. The smallest absolute Gasteiger partial charge is 0.336 e. The van der Waals surface area contributed by atoms with Crippen LogP contribution in [0.2, 0.25) is 90.7 Å². The van der Waals surface area contributed by atoms with Crippen LogP contribution >= 0.6 is 79.6 Å². The highest BCUT2D eigenvalue weighted by Gasteiger charge is 2.41. The Balaban J connectivity index is 0.000000765. The van der Waals surface area contributed by atoms with Crippen molar-refractivity contribution in [1.82, 2.24) is 4.98 Å². The van der Waals surface area contributed by atoms with Crippen LogP contribution in [0.1, 0.15) is 217 Å². The van der Waals surface area contributed by atoms with Crippen molar-refractivity contribution < 1.29 is 75.1 Å². The Hall–Kier alpha value is -5.79. The molecule has 28 heteroatoms. The lowest BCUT2D eigenvalue weighted by molar-refractivity contribution is -0.123. The van der Waals surface area contributed by atoms with Gasteiger partial charge in [0.2, 0.25) is 5.91 Å². The van der Waals surface area contributed by atoms with Crippen LogP contribution in [0.3, 0.4) is 0 Å². The number of nitrogens with one attached hydrogen (secondary N) is 1. The molecule has 0 aliphatic rings. The Bertz CT molecular complexity index is 4840. The summed E-state index contributed by atoms with van der Waals surface area (Å²) in [5.41, 5.74) is 13.0. The summed E-state index contributed by atoms with van der Waals surface area (Å²) in [7, 11) is 3.06. The van der Waals surface area contributed by atoms with Crippen molar-refractivity contribution >= 4 is 145 Å². The van der Waals surface area contributed by atoms with Crippen LogP contribution in [0.4, 0.5) is 5.82 Å². The normalized spacial score (nSPS) is 11.9. The van der Waals surface area contributed by atoms with Gasteiger partial charge in [0, 0.05) is 18.8 Å². The van der Waals surface area contributed by atoms with Gasteiger partial charge in [0.1, 0.15) is 50.7 Å². The number of methoxy groups -OCH3 is 7. The molecule has 7 aromatic carbocycles. The fourth-order valence-corrected chi connectivity index (χ4v) is 17.3. The van der Waals surface area contributed by atoms with Gasteiger partial charge in [0.25, 0.3) is 0 Å². The molecule has 1 amide bonds. The number of aromatic nitrogens is 1. The van der Waals surface area contributed by atoms with E-state index in [1.807, 2.05) is 93.6 Å². The van der Waals surface area contributed by atoms with Gasteiger partial charge in [0.05, 0.1) is 99.4 Å². The number of hydrogen-bond acceptors (Lipinski definition) is 16. The van der Waals surface area contributed by atoms with E-state index in [4.69, 9.17) is 65.5 Å². The highest BCUT2D eigenvalue weighted by molar-refractivity contribution is 9.11. The van der Waals surface area contributed by atoms with E-state index < -0.39 is 53.0 Å². The van der Waals surface area contributed by atoms with Gasteiger partial charge in [0.15, 0.2) is 41.6 Å². The molecule has 0 aliphatic carbocycles. The third kappa shape index (κ3) is 42.4. The largest absolute Gasteiger partial charge is 0.497 e. The Morgan fingerprint density at radius 2 is 0.699 bits per heavy atom. The summed E-state index contributed by atoms with van der Waals surface area (Å²) < 4.78 is 72.2. The minimum Gasteiger partial charge on any atom is -0.497 e. The van der Waals surface area contributed by atoms with Crippen LogP contribution in [0, 0.1) is 12.3 Å². The molecule has 0 atom stereocenters. The number of aliphatic hydroxyl groups excluding tert-OH is 1. The number of rotatable bonds is 29. The van der Waals surface area contributed by atoms with Crippen molar-refractivity contribution in [2.45, 2.75) is 302 Å². The average molecular weight is 2250 g/mol. The first kappa shape index (κ1) is 125. The molecule has 0 saturated carbocycles. The summed E-state index contributed by atoms with van der Waals surface area (Å²) in [4.78, 5) is 26.3. The van der Waals surface area contributed by atoms with Gasteiger partial charge in [-0.05, 0) is 335 Å². The maximum Gasteiger partial charge on any atom is 0.336 e. The summed E-state index contributed by atoms with van der Waals surface area (Å²) in [5.74, 6) is 5.32. The molecule has 18 nitrogen and oxygen atoms in total. The molecule has 0 saturated heterocycles. The van der Waals surface area contributed by atoms with Gasteiger partial charge in [-0.1, -0.05) is 214 Å². The van der Waals surface area contributed by atoms with Crippen molar-refractivity contribution in [1.29, 1.82) is 0 Å². The van der Waals surface area contributed by atoms with E-state index in [9.17, 15) is 9.59 Å². The molecule has 0 fully saturated rings. The van der Waals surface area contributed by atoms with E-state index in [1.165, 1.54) is 52.1 Å². The number of aromatic carboxylic acids is 1. The molecular weight excluding hydrogens is 2090 g/mol. The van der Waals surface area contributed by atoms with Gasteiger partial charge in [-0.15, -0.1) is 0 Å². The highest BCUT2D eigenvalue weighted by atomic mass is 79.9. The van der Waals surface area contributed by atoms with Crippen LogP contribution in [0.25, 0.3) is 6.08 Å². The number of carboxylic acids is 1. The second kappa shape index (κ2) is 56.5. The monoisotopic (exact) mass is 2240 g/mol. The number of nitrogens with zero attached hydrogens (tertiary/aromatic N) is 1. The fourth-order valence-electron chi connectivity index (χ4n) is 10.5. The summed E-state index contributed by atoms with van der Waals surface area (Å²) in [6.07, 6.45) is 4.92. The minimum absolute atomic E-state index is 0.0256. The predicted molar refractivity (Wildman–Crippen MR) is 588 cm³/mol. The van der Waals surface area contributed by atoms with Gasteiger partial charge >= 0.3 is 5.97 Å². The third-order valence-electron chi connectivity index (χ3n) is 25.0. The molecule has 0 unspecified atom stereocenters. The van der Waals surface area contributed by atoms with Crippen LogP contribution in [-0.2, 0) is 85.8 Å². The first-order valence-electron chi connectivity index (χ1n) is 45.1. The summed E-state index contributed by atoms with van der Waals surface area (Å²) in [6.45, 7) is 78.1. The zero-order valence-corrected chi connectivity index (χ0v) is 101. The predicted octanol–water partition coefficient (Wildman–Crippen LogP) is 32.2. The average Bonchev–Trinajstić information content (AvgIpc) is 0.832. The number of amides is 1. The lowest BCUT2D eigenvalue weighted by Crippen LogP contribution is -2.40. The maximum atomic E-state index is 11.6. The molecule has 1 aromatic heterocycles. The zero-order chi connectivity index (χ0) is 103. The van der Waals surface area contributed by atoms with E-state index in [0.29, 0.717) is 53.7 Å². The molecule has 8 aromatic rings. The van der Waals surface area contributed by atoms with Crippen molar-refractivity contribution in [3.63, 3.8) is 0 Å². The fraction of sp³-hybridized carbons (Fsp3) is 0.514. The summed E-state index contributed by atoms with van der Waals surface area (Å²) in [5, 5.41) is 21.5. The molecule has 0 radical (unpaired) electrons. The molecular formula is C105H163Br5N2O16Si5. The second-order valence-corrected chi connectivity index (χ2v) is 69.1. The number of aryl methyl sites for hydroxylation is 4. The van der Waals surface area contributed by atoms with Crippen molar-refractivity contribution in [2.24, 2.45) is 5.41 Å². The number of carbonyl (C=O) groups is 2. The third-order valence-corrected chi connectivity index (χ3v) is 50.7. The molecule has 8 rings (SSSR count). The number of pyridine rings is 1. The number of ether oxygens (including phenoxy) is 7. The van der Waals surface area contributed by atoms with Crippen LogP contribution in [0.5, 0.6) is 40.2 Å². The minimum atomic E-state index is -1.73. The SMILES string of the molecule is C=Cc1ccc(OC)cc1CO[Si](C)(C)C(C)(C)C.CC(C)(C)C(=O)Nc1cccc(Br)n1.CCc1cc(Br)c(OC)cc1CO[Si](C)(C)C(C)(C)C.CCc1cc(C)c(OC)cc1CO[Si](C)(C)C(C)(C)C.CCc1ccc(OC)cc1CO[Si](C)(C)C(C)(C)C.COc1ccc(Br)c(C(=O)O)c1.COc1ccc(Br)c(CO)c1.COc1ccc(Br)c(CO[Si](C)(C)C(C)(C)C)c1. The Morgan fingerprint density at radius 3 is 1.05 bits per heavy atom. The van der Waals surface area contributed by atoms with Gasteiger partial charge in [-0.3, -0.25) is 4.79 Å². The number of aliphatic hydroxyl groups is 1. The zero-order valence-electron chi connectivity index (χ0n) is 87.8. The lowest BCUT2D eigenvalue weighted by atomic mass is 9.96. The Kier molecular flexibility index (Phi) is 53.2. The number of halogens is 5. The Morgan fingerprint density at radius 1 is 0.376 bits per heavy atom. The van der Waals surface area contributed by atoms with Crippen molar-refractivity contribution in [2.75, 3.05) is 55.1 Å². The van der Waals surface area contributed by atoms with Crippen LogP contribution in [0.15, 0.2) is 163 Å². The second-order valence-electron chi connectivity index (χ2n) is 40.8. The van der Waals surface area contributed by atoms with Gasteiger partial charge in [-0.25, -0.2) is 9.78 Å². The first-order chi connectivity index (χ1) is 61.1. The van der Waals surface area contributed by atoms with Gasteiger partial charge < -0.3 is 70.8 Å². The van der Waals surface area contributed by atoms with Crippen LogP contribution in [-0.4, -0.2) is 118 Å². The summed E-state index contributed by atoms with van der Waals surface area (Å²) in [6, 6.07) is 42.5. The first-order valence-corrected chi connectivity index (χ1v) is 63.6. The molecule has 0 aliphatic heterocycles.